The third-order valence-corrected chi connectivity index (χ3v) is 10.3. The lowest BCUT2D eigenvalue weighted by molar-refractivity contribution is -0.134. The SMILES string of the molecule is CC(=O)O.CCCC/C=N/NC(=O)c1ccc(N2CCN(c3c(C)nc(N)nc3N)CC2)cc1.CCCC/C=N/NC(=O)c1ccc(N2CCN(c3c(C)nc(N)nc3N)CC2)cc1. The van der Waals surface area contributed by atoms with Crippen molar-refractivity contribution in [3.63, 3.8) is 0 Å². The molecule has 11 N–H and O–H groups in total. The van der Waals surface area contributed by atoms with Crippen LogP contribution in [-0.4, -0.2) is 108 Å². The van der Waals surface area contributed by atoms with Crippen molar-refractivity contribution in [2.24, 2.45) is 10.2 Å². The maximum atomic E-state index is 12.2. The molecule has 6 rings (SSSR count). The number of carbonyl (C=O) groups is 3. The van der Waals surface area contributed by atoms with E-state index in [1.165, 1.54) is 0 Å². The number of nitrogen functional groups attached to an aromatic ring is 4. The average molecular weight is 881 g/mol. The zero-order valence-corrected chi connectivity index (χ0v) is 37.6. The van der Waals surface area contributed by atoms with Gasteiger partial charge in [0, 0.05) is 94.2 Å². The first-order valence-corrected chi connectivity index (χ1v) is 21.5. The number of nitrogens with one attached hydrogen (secondary N) is 2. The Labute approximate surface area is 375 Å². The number of hydrogen-bond acceptors (Lipinski definition) is 17. The van der Waals surface area contributed by atoms with Crippen LogP contribution in [0.25, 0.3) is 0 Å². The predicted molar refractivity (Wildman–Crippen MR) is 257 cm³/mol. The van der Waals surface area contributed by atoms with Crippen LogP contribution in [0.5, 0.6) is 0 Å². The number of nitrogens with zero attached hydrogens (tertiary/aromatic N) is 10. The van der Waals surface area contributed by atoms with Gasteiger partial charge in [0.25, 0.3) is 17.8 Å². The molecule has 0 radical (unpaired) electrons. The van der Waals surface area contributed by atoms with Gasteiger partial charge in [-0.25, -0.2) is 20.8 Å². The van der Waals surface area contributed by atoms with Crippen molar-refractivity contribution in [3.05, 3.63) is 71.0 Å². The van der Waals surface area contributed by atoms with Crippen molar-refractivity contribution in [1.29, 1.82) is 0 Å². The molecule has 2 aliphatic rings. The number of carbonyl (C=O) groups excluding carboxylic acids is 2. The first-order valence-electron chi connectivity index (χ1n) is 21.5. The number of aryl methyl sites for hydroxylation is 2. The molecule has 2 fully saturated rings. The van der Waals surface area contributed by atoms with Crippen LogP contribution in [0.2, 0.25) is 0 Å². The van der Waals surface area contributed by atoms with E-state index in [1.54, 1.807) is 12.4 Å². The van der Waals surface area contributed by atoms with Crippen LogP contribution in [0, 0.1) is 13.8 Å². The number of carboxylic acid groups (broad SMARTS) is 1. The van der Waals surface area contributed by atoms with Crippen molar-refractivity contribution in [2.45, 2.75) is 73.1 Å². The number of carboxylic acids is 1. The Bertz CT molecular complexity index is 1990. The normalized spacial score (nSPS) is 13.8. The van der Waals surface area contributed by atoms with Crippen LogP contribution in [0.15, 0.2) is 58.7 Å². The summed E-state index contributed by atoms with van der Waals surface area (Å²) >= 11 is 0. The van der Waals surface area contributed by atoms with E-state index in [-0.39, 0.29) is 23.7 Å². The number of unbranched alkanes of at least 4 members (excludes halogenated alkanes) is 4. The van der Waals surface area contributed by atoms with Gasteiger partial charge < -0.3 is 47.6 Å². The highest BCUT2D eigenvalue weighted by Crippen LogP contribution is 2.29. The molecular weight excluding hydrogens is 817 g/mol. The Morgan fingerprint density at radius 1 is 0.594 bits per heavy atom. The smallest absolute Gasteiger partial charge is 0.300 e. The van der Waals surface area contributed by atoms with Gasteiger partial charge in [-0.15, -0.1) is 0 Å². The molecule has 0 saturated carbocycles. The lowest BCUT2D eigenvalue weighted by atomic mass is 10.1. The third-order valence-electron chi connectivity index (χ3n) is 10.3. The van der Waals surface area contributed by atoms with E-state index >= 15 is 0 Å². The van der Waals surface area contributed by atoms with E-state index in [1.807, 2.05) is 62.4 Å². The fourth-order valence-corrected chi connectivity index (χ4v) is 7.09. The Balaban J connectivity index is 0.000000259. The first kappa shape index (κ1) is 49.4. The van der Waals surface area contributed by atoms with E-state index in [2.05, 4.69) is 74.4 Å². The van der Waals surface area contributed by atoms with Crippen molar-refractivity contribution in [2.75, 3.05) is 94.9 Å². The second kappa shape index (κ2) is 25.0. The molecule has 0 aliphatic carbocycles. The molecule has 2 saturated heterocycles. The fourth-order valence-electron chi connectivity index (χ4n) is 7.09. The van der Waals surface area contributed by atoms with Crippen molar-refractivity contribution < 1.29 is 19.5 Å². The molecule has 2 amide bonds. The lowest BCUT2D eigenvalue weighted by Crippen LogP contribution is -2.47. The minimum atomic E-state index is -0.833. The zero-order chi connectivity index (χ0) is 46.6. The molecule has 0 bridgehead atoms. The Morgan fingerprint density at radius 2 is 0.906 bits per heavy atom. The van der Waals surface area contributed by atoms with E-state index in [9.17, 15) is 9.59 Å². The monoisotopic (exact) mass is 881 g/mol. The highest BCUT2D eigenvalue weighted by Gasteiger charge is 2.24. The van der Waals surface area contributed by atoms with E-state index in [0.717, 1.165) is 132 Å². The third kappa shape index (κ3) is 15.0. The largest absolute Gasteiger partial charge is 0.481 e. The Morgan fingerprint density at radius 3 is 1.20 bits per heavy atom. The molecule has 2 aromatic heterocycles. The minimum absolute atomic E-state index is 0.197. The quantitative estimate of drug-likeness (QED) is 0.0523. The van der Waals surface area contributed by atoms with Gasteiger partial charge >= 0.3 is 0 Å². The fraction of sp³-hybridized carbons (Fsp3) is 0.432. The summed E-state index contributed by atoms with van der Waals surface area (Å²) in [6.07, 6.45) is 9.58. The van der Waals surface area contributed by atoms with Gasteiger partial charge in [-0.2, -0.15) is 20.2 Å². The van der Waals surface area contributed by atoms with Crippen molar-refractivity contribution >= 4 is 76.5 Å². The standard InChI is InChI=1S/2C21H30N8O.C2H4O2/c2*1-3-4-5-10-24-27-20(30)16-6-8-17(9-7-16)28-11-13-29(14-12-28)18-15(2)25-21(23)26-19(18)22;1-2(3)4/h2*6-10H,3-5,11-14H2,1-2H3,(H,27,30)(H4,22,23,25,26);1H3,(H,3,4)/b2*24-10+;. The van der Waals surface area contributed by atoms with Crippen LogP contribution in [0.1, 0.15) is 91.4 Å². The van der Waals surface area contributed by atoms with Gasteiger partial charge in [-0.05, 0) is 88.1 Å². The lowest BCUT2D eigenvalue weighted by Gasteiger charge is -2.38. The van der Waals surface area contributed by atoms with Crippen molar-refractivity contribution in [3.8, 4) is 0 Å². The molecule has 0 atom stereocenters. The molecule has 0 unspecified atom stereocenters. The van der Waals surface area contributed by atoms with Gasteiger partial charge in [-0.3, -0.25) is 14.4 Å². The Hall–Kier alpha value is -7.25. The average Bonchev–Trinajstić information content (AvgIpc) is 3.26. The van der Waals surface area contributed by atoms with Crippen LogP contribution >= 0.6 is 0 Å². The summed E-state index contributed by atoms with van der Waals surface area (Å²) in [5.41, 5.74) is 35.3. The number of aliphatic carboxylic acids is 1. The number of amides is 2. The second-order valence-electron chi connectivity index (χ2n) is 15.2. The van der Waals surface area contributed by atoms with Crippen LogP contribution < -0.4 is 53.4 Å². The van der Waals surface area contributed by atoms with Crippen LogP contribution in [0.3, 0.4) is 0 Å². The number of hydrogen-bond donors (Lipinski definition) is 7. The van der Waals surface area contributed by atoms with Crippen LogP contribution in [0.4, 0.5) is 46.3 Å². The number of piperazine rings is 2. The summed E-state index contributed by atoms with van der Waals surface area (Å²) in [7, 11) is 0. The van der Waals surface area contributed by atoms with Gasteiger partial charge in [0.15, 0.2) is 11.6 Å². The summed E-state index contributed by atoms with van der Waals surface area (Å²) < 4.78 is 0. The molecule has 4 heterocycles. The summed E-state index contributed by atoms with van der Waals surface area (Å²) in [5, 5.41) is 15.4. The number of hydrazone groups is 2. The molecule has 20 heteroatoms. The second-order valence-corrected chi connectivity index (χ2v) is 15.2. The van der Waals surface area contributed by atoms with E-state index < -0.39 is 5.97 Å². The molecule has 20 nitrogen and oxygen atoms in total. The summed E-state index contributed by atoms with van der Waals surface area (Å²) in [4.78, 5) is 58.9. The highest BCUT2D eigenvalue weighted by atomic mass is 16.4. The molecule has 4 aromatic rings. The molecule has 2 aliphatic heterocycles. The van der Waals surface area contributed by atoms with Gasteiger partial charge in [0.1, 0.15) is 11.4 Å². The van der Waals surface area contributed by atoms with Crippen molar-refractivity contribution in [1.82, 2.24) is 30.8 Å². The molecular formula is C44H64N16O4. The molecule has 2 aromatic carbocycles. The number of anilines is 8. The van der Waals surface area contributed by atoms with Crippen LogP contribution in [-0.2, 0) is 4.79 Å². The van der Waals surface area contributed by atoms with E-state index in [4.69, 9.17) is 32.8 Å². The maximum Gasteiger partial charge on any atom is 0.300 e. The van der Waals surface area contributed by atoms with E-state index in [0.29, 0.717) is 22.8 Å². The molecule has 344 valence electrons. The molecule has 0 spiro atoms. The van der Waals surface area contributed by atoms with Gasteiger partial charge in [0.05, 0.1) is 11.4 Å². The first-order chi connectivity index (χ1) is 30.7. The zero-order valence-electron chi connectivity index (χ0n) is 37.6. The summed E-state index contributed by atoms with van der Waals surface area (Å²) in [6, 6.07) is 15.2. The van der Waals surface area contributed by atoms with Gasteiger partial charge in [0.2, 0.25) is 11.9 Å². The predicted octanol–water partition coefficient (Wildman–Crippen LogP) is 4.45. The minimum Gasteiger partial charge on any atom is -0.481 e. The number of aromatic nitrogens is 4. The topological polar surface area (TPSA) is 289 Å². The summed E-state index contributed by atoms with van der Waals surface area (Å²) in [6.45, 7) is 15.6. The number of rotatable bonds is 14. The number of nitrogens with two attached hydrogens (primary N) is 4. The van der Waals surface area contributed by atoms with Gasteiger partial charge in [-0.1, -0.05) is 26.7 Å². The highest BCUT2D eigenvalue weighted by molar-refractivity contribution is 5.95. The number of benzene rings is 2. The molecule has 64 heavy (non-hydrogen) atoms. The maximum absolute atomic E-state index is 12.2. The Kier molecular flexibility index (Phi) is 19.3. The summed E-state index contributed by atoms with van der Waals surface area (Å²) in [5.74, 6) is -0.00417.